The van der Waals surface area contributed by atoms with Crippen molar-refractivity contribution in [2.24, 2.45) is 0 Å². The Balaban J connectivity index is 1.24. The Morgan fingerprint density at radius 2 is 1.09 bits per heavy atom. The second-order valence-corrected chi connectivity index (χ2v) is 11.5. The van der Waals surface area contributed by atoms with Gasteiger partial charge in [0.25, 0.3) is 0 Å². The second-order valence-electron chi connectivity index (χ2n) is 11.5. The van der Waals surface area contributed by atoms with Crippen molar-refractivity contribution in [2.45, 2.75) is 0 Å². The predicted octanol–water partition coefficient (Wildman–Crippen LogP) is 11.9. The van der Waals surface area contributed by atoms with Gasteiger partial charge in [0.05, 0.1) is 16.8 Å². The molecule has 0 saturated heterocycles. The van der Waals surface area contributed by atoms with Crippen molar-refractivity contribution in [1.29, 1.82) is 0 Å². The lowest BCUT2D eigenvalue weighted by atomic mass is 10.0. The van der Waals surface area contributed by atoms with Gasteiger partial charge in [-0.2, -0.15) is 0 Å². The van der Waals surface area contributed by atoms with E-state index in [0.29, 0.717) is 5.89 Å². The highest BCUT2D eigenvalue weighted by Crippen LogP contribution is 2.46. The predicted molar refractivity (Wildman–Crippen MR) is 186 cm³/mol. The summed E-state index contributed by atoms with van der Waals surface area (Å²) in [6, 6.07) is 49.8. The lowest BCUT2D eigenvalue weighted by molar-refractivity contribution is 0.620. The highest BCUT2D eigenvalue weighted by molar-refractivity contribution is 6.16. The van der Waals surface area contributed by atoms with E-state index in [1.54, 1.807) is 0 Å². The van der Waals surface area contributed by atoms with Gasteiger partial charge in [-0.1, -0.05) is 78.9 Å². The van der Waals surface area contributed by atoms with Crippen molar-refractivity contribution >= 4 is 82.8 Å². The van der Waals surface area contributed by atoms with Crippen LogP contribution in [-0.2, 0) is 0 Å². The minimum Gasteiger partial charge on any atom is -0.456 e. The van der Waals surface area contributed by atoms with Crippen LogP contribution in [0.2, 0.25) is 0 Å². The van der Waals surface area contributed by atoms with Crippen LogP contribution in [0.4, 0.5) is 17.1 Å². The minimum absolute atomic E-state index is 0.578. The lowest BCUT2D eigenvalue weighted by Crippen LogP contribution is -2.10. The van der Waals surface area contributed by atoms with Crippen LogP contribution < -0.4 is 4.90 Å². The van der Waals surface area contributed by atoms with Crippen molar-refractivity contribution in [3.8, 4) is 11.5 Å². The zero-order valence-electron chi connectivity index (χ0n) is 24.5. The maximum Gasteiger partial charge on any atom is 0.228 e. The first-order chi connectivity index (χ1) is 22.8. The summed E-state index contributed by atoms with van der Waals surface area (Å²) in [6.07, 6.45) is 0. The third-order valence-corrected chi connectivity index (χ3v) is 8.89. The van der Waals surface area contributed by atoms with Gasteiger partial charge in [0.2, 0.25) is 5.89 Å². The largest absolute Gasteiger partial charge is 0.456 e. The third-order valence-electron chi connectivity index (χ3n) is 8.89. The van der Waals surface area contributed by atoms with Gasteiger partial charge in [-0.3, -0.25) is 0 Å². The number of fused-ring (bicyclic) bond motifs is 8. The monoisotopic (exact) mass is 592 g/mol. The van der Waals surface area contributed by atoms with Crippen molar-refractivity contribution in [2.75, 3.05) is 4.90 Å². The summed E-state index contributed by atoms with van der Waals surface area (Å²) in [7, 11) is 0. The van der Waals surface area contributed by atoms with Gasteiger partial charge in [0.1, 0.15) is 27.8 Å². The van der Waals surface area contributed by atoms with Gasteiger partial charge in [-0.25, -0.2) is 4.98 Å². The number of rotatable bonds is 4. The first-order valence-electron chi connectivity index (χ1n) is 15.3. The van der Waals surface area contributed by atoms with E-state index in [4.69, 9.17) is 18.2 Å². The zero-order valence-corrected chi connectivity index (χ0v) is 24.5. The number of furan rings is 2. The minimum atomic E-state index is 0.578. The van der Waals surface area contributed by atoms with Gasteiger partial charge in [0, 0.05) is 38.9 Å². The molecule has 0 N–H and O–H groups in total. The van der Waals surface area contributed by atoms with E-state index >= 15 is 0 Å². The summed E-state index contributed by atoms with van der Waals surface area (Å²) >= 11 is 0. The molecular weight excluding hydrogens is 568 g/mol. The van der Waals surface area contributed by atoms with Crippen molar-refractivity contribution in [3.05, 3.63) is 146 Å². The van der Waals surface area contributed by atoms with E-state index < -0.39 is 0 Å². The molecule has 0 bridgehead atoms. The molecule has 0 amide bonds. The molecule has 0 spiro atoms. The summed E-state index contributed by atoms with van der Waals surface area (Å²) < 4.78 is 19.1. The maximum atomic E-state index is 6.57. The van der Waals surface area contributed by atoms with Crippen molar-refractivity contribution < 1.29 is 13.3 Å². The number of aromatic nitrogens is 1. The van der Waals surface area contributed by atoms with Gasteiger partial charge >= 0.3 is 0 Å². The van der Waals surface area contributed by atoms with Crippen LogP contribution in [0.5, 0.6) is 0 Å². The Labute approximate surface area is 262 Å². The fourth-order valence-electron chi connectivity index (χ4n) is 6.87. The van der Waals surface area contributed by atoms with E-state index in [2.05, 4.69) is 89.8 Å². The van der Waals surface area contributed by atoms with Crippen molar-refractivity contribution in [3.63, 3.8) is 0 Å². The van der Waals surface area contributed by atoms with E-state index in [-0.39, 0.29) is 0 Å². The first-order valence-corrected chi connectivity index (χ1v) is 15.3. The summed E-state index contributed by atoms with van der Waals surface area (Å²) in [4.78, 5) is 7.12. The quantitative estimate of drug-likeness (QED) is 0.203. The second kappa shape index (κ2) is 9.58. The SMILES string of the molecule is c1ccc2c(N(c3ccc4c(c3)oc3cccc(-c5nc6ccccc6o5)c34)c3cccc4oc5ccccc5c34)cccc2c1. The molecular formula is C41H24N2O3. The van der Waals surface area contributed by atoms with Crippen molar-refractivity contribution in [1.82, 2.24) is 4.98 Å². The molecule has 0 aliphatic carbocycles. The van der Waals surface area contributed by atoms with Gasteiger partial charge < -0.3 is 18.2 Å². The Kier molecular flexibility index (Phi) is 5.22. The molecule has 0 fully saturated rings. The van der Waals surface area contributed by atoms with Crippen LogP contribution in [0, 0.1) is 0 Å². The number of nitrogens with zero attached hydrogens (tertiary/aromatic N) is 2. The van der Waals surface area contributed by atoms with Crippen LogP contribution in [0.15, 0.2) is 159 Å². The highest BCUT2D eigenvalue weighted by Gasteiger charge is 2.23. The lowest BCUT2D eigenvalue weighted by Gasteiger charge is -2.27. The molecule has 10 rings (SSSR count). The smallest absolute Gasteiger partial charge is 0.228 e. The zero-order chi connectivity index (χ0) is 30.2. The standard InChI is InChI=1S/C41H24N2O3/c1-2-12-27-25(10-1)11-7-16-32(27)43(33-17-9-21-37-40(33)28-13-3-5-18-34(28)44-37)26-22-23-29-38(24-26)45-36-20-8-14-30(39(29)36)41-42-31-15-4-6-19-35(31)46-41/h1-24H. The Hall–Kier alpha value is -6.33. The molecule has 3 aromatic heterocycles. The number of hydrogen-bond acceptors (Lipinski definition) is 5. The summed E-state index contributed by atoms with van der Waals surface area (Å²) in [5, 5.41) is 6.44. The van der Waals surface area contributed by atoms with Crippen LogP contribution in [-0.4, -0.2) is 4.98 Å². The molecule has 0 radical (unpaired) electrons. The Morgan fingerprint density at radius 3 is 2.00 bits per heavy atom. The molecule has 216 valence electrons. The summed E-state index contributed by atoms with van der Waals surface area (Å²) in [6.45, 7) is 0. The Morgan fingerprint density at radius 1 is 0.435 bits per heavy atom. The normalized spacial score (nSPS) is 11.9. The molecule has 7 aromatic carbocycles. The molecule has 0 saturated carbocycles. The summed E-state index contributed by atoms with van der Waals surface area (Å²) in [5.74, 6) is 0.578. The number of benzene rings is 7. The molecule has 5 heteroatoms. The van der Waals surface area contributed by atoms with Crippen LogP contribution in [0.1, 0.15) is 0 Å². The Bertz CT molecular complexity index is 2750. The van der Waals surface area contributed by atoms with E-state index in [9.17, 15) is 0 Å². The molecule has 0 aliphatic heterocycles. The fourth-order valence-corrected chi connectivity index (χ4v) is 6.87. The number of hydrogen-bond donors (Lipinski definition) is 0. The van der Waals surface area contributed by atoms with E-state index in [0.717, 1.165) is 83.0 Å². The topological polar surface area (TPSA) is 55.6 Å². The average molecular weight is 593 g/mol. The maximum absolute atomic E-state index is 6.57. The van der Waals surface area contributed by atoms with Crippen LogP contribution >= 0.6 is 0 Å². The third kappa shape index (κ3) is 3.66. The molecule has 0 aliphatic rings. The molecule has 5 nitrogen and oxygen atoms in total. The van der Waals surface area contributed by atoms with Gasteiger partial charge in [-0.15, -0.1) is 0 Å². The van der Waals surface area contributed by atoms with Gasteiger partial charge in [-0.05, 0) is 66.0 Å². The van der Waals surface area contributed by atoms with Gasteiger partial charge in [0.15, 0.2) is 5.58 Å². The van der Waals surface area contributed by atoms with E-state index in [1.165, 1.54) is 5.39 Å². The van der Waals surface area contributed by atoms with Crippen LogP contribution in [0.25, 0.3) is 77.2 Å². The molecule has 0 unspecified atom stereocenters. The number of para-hydroxylation sites is 3. The molecule has 3 heterocycles. The average Bonchev–Trinajstić information content (AvgIpc) is 3.81. The fraction of sp³-hybridized carbons (Fsp3) is 0. The number of oxazole rings is 1. The first kappa shape index (κ1) is 25.0. The van der Waals surface area contributed by atoms with Crippen LogP contribution in [0.3, 0.4) is 0 Å². The number of anilines is 3. The molecule has 10 aromatic rings. The molecule has 0 atom stereocenters. The highest BCUT2D eigenvalue weighted by atomic mass is 16.4. The molecule has 46 heavy (non-hydrogen) atoms. The van der Waals surface area contributed by atoms with E-state index in [1.807, 2.05) is 60.7 Å². The summed E-state index contributed by atoms with van der Waals surface area (Å²) in [5.41, 5.74) is 8.84.